The summed E-state index contributed by atoms with van der Waals surface area (Å²) in [6.45, 7) is 3.92. The Labute approximate surface area is 217 Å². The van der Waals surface area contributed by atoms with Crippen LogP contribution in [0.25, 0.3) is 11.3 Å². The van der Waals surface area contributed by atoms with E-state index in [1.165, 1.54) is 10.7 Å². The van der Waals surface area contributed by atoms with Gasteiger partial charge in [-0.1, -0.05) is 30.3 Å². The lowest BCUT2D eigenvalue weighted by Gasteiger charge is -2.11. The molecule has 1 heterocycles. The number of carbonyl (C=O) groups excluding carboxylic acids is 2. The molecule has 3 aromatic rings. The first-order valence-corrected chi connectivity index (χ1v) is 12.5. The number of nitrogens with one attached hydrogen (secondary N) is 2. The Bertz CT molecular complexity index is 1260. The second-order valence-corrected chi connectivity index (χ2v) is 9.00. The molecule has 196 valence electrons. The largest absolute Gasteiger partial charge is 0.450 e. The summed E-state index contributed by atoms with van der Waals surface area (Å²) in [5.74, 6) is -0.0174. The van der Waals surface area contributed by atoms with Crippen LogP contribution in [-0.2, 0) is 22.5 Å². The van der Waals surface area contributed by atoms with Gasteiger partial charge < -0.3 is 15.0 Å². The van der Waals surface area contributed by atoms with E-state index in [-0.39, 0.29) is 31.0 Å². The van der Waals surface area contributed by atoms with Crippen molar-refractivity contribution in [2.45, 2.75) is 32.7 Å². The minimum atomic E-state index is -0.533. The monoisotopic (exact) mass is 505 g/mol. The smallest absolute Gasteiger partial charge is 0.411 e. The van der Waals surface area contributed by atoms with Gasteiger partial charge in [0, 0.05) is 23.9 Å². The molecule has 0 saturated carbocycles. The summed E-state index contributed by atoms with van der Waals surface area (Å²) in [6, 6.07) is 18.0. The molecule has 9 nitrogen and oxygen atoms in total. The third-order valence-electron chi connectivity index (χ3n) is 5.59. The van der Waals surface area contributed by atoms with Gasteiger partial charge in [0.15, 0.2) is 0 Å². The van der Waals surface area contributed by atoms with Crippen molar-refractivity contribution >= 4 is 17.7 Å². The van der Waals surface area contributed by atoms with Gasteiger partial charge in [0.05, 0.1) is 25.3 Å². The summed E-state index contributed by atoms with van der Waals surface area (Å²) in [4.78, 5) is 38.7. The van der Waals surface area contributed by atoms with Crippen LogP contribution < -0.4 is 16.2 Å². The average Bonchev–Trinajstić information content (AvgIpc) is 2.85. The van der Waals surface area contributed by atoms with E-state index in [1.54, 1.807) is 31.2 Å². The average molecular weight is 506 g/mol. The molecular weight excluding hydrogens is 470 g/mol. The third kappa shape index (κ3) is 9.20. The molecule has 0 fully saturated rings. The second-order valence-electron chi connectivity index (χ2n) is 9.00. The highest BCUT2D eigenvalue weighted by Crippen LogP contribution is 2.18. The molecule has 9 heteroatoms. The Morgan fingerprint density at radius 1 is 1.00 bits per heavy atom. The number of anilines is 1. The van der Waals surface area contributed by atoms with E-state index in [4.69, 9.17) is 4.74 Å². The highest BCUT2D eigenvalue weighted by molar-refractivity contribution is 5.84. The summed E-state index contributed by atoms with van der Waals surface area (Å²) >= 11 is 0. The lowest BCUT2D eigenvalue weighted by molar-refractivity contribution is -0.120. The van der Waals surface area contributed by atoms with Crippen molar-refractivity contribution < 1.29 is 14.3 Å². The highest BCUT2D eigenvalue weighted by atomic mass is 16.5. The summed E-state index contributed by atoms with van der Waals surface area (Å²) in [7, 11) is 4.08. The maximum Gasteiger partial charge on any atom is 0.411 e. The van der Waals surface area contributed by atoms with Crippen LogP contribution in [0, 0.1) is 0 Å². The Morgan fingerprint density at radius 3 is 2.57 bits per heavy atom. The van der Waals surface area contributed by atoms with Crippen LogP contribution in [0.5, 0.6) is 0 Å². The van der Waals surface area contributed by atoms with Gasteiger partial charge in [-0.05, 0) is 75.8 Å². The number of rotatable bonds is 12. The number of ether oxygens (including phenoxy) is 1. The van der Waals surface area contributed by atoms with E-state index in [1.807, 2.05) is 44.4 Å². The number of unbranched alkanes of at least 4 members (excludes halogenated alkanes) is 1. The Hall–Kier alpha value is -3.98. The molecule has 0 radical (unpaired) electrons. The van der Waals surface area contributed by atoms with E-state index in [2.05, 4.69) is 20.6 Å². The summed E-state index contributed by atoms with van der Waals surface area (Å²) < 4.78 is 6.29. The number of amides is 2. The number of nitrogens with zero attached hydrogens (tertiary/aromatic N) is 3. The molecule has 2 N–H and O–H groups in total. The van der Waals surface area contributed by atoms with Crippen molar-refractivity contribution in [1.82, 2.24) is 20.0 Å². The molecule has 3 rings (SSSR count). The number of carbonyl (C=O) groups is 2. The van der Waals surface area contributed by atoms with Gasteiger partial charge in [-0.2, -0.15) is 5.10 Å². The molecule has 0 aliphatic rings. The number of hydrogen-bond acceptors (Lipinski definition) is 6. The van der Waals surface area contributed by atoms with Crippen molar-refractivity contribution in [3.63, 3.8) is 0 Å². The second kappa shape index (κ2) is 13.9. The van der Waals surface area contributed by atoms with Gasteiger partial charge >= 0.3 is 6.09 Å². The molecule has 0 bridgehead atoms. The van der Waals surface area contributed by atoms with E-state index >= 15 is 0 Å². The third-order valence-corrected chi connectivity index (χ3v) is 5.59. The topological polar surface area (TPSA) is 106 Å². The van der Waals surface area contributed by atoms with Gasteiger partial charge in [-0.25, -0.2) is 9.48 Å². The van der Waals surface area contributed by atoms with Crippen LogP contribution in [0.3, 0.4) is 0 Å². The van der Waals surface area contributed by atoms with Crippen LogP contribution in [0.2, 0.25) is 0 Å². The van der Waals surface area contributed by atoms with Crippen LogP contribution in [0.4, 0.5) is 10.5 Å². The lowest BCUT2D eigenvalue weighted by atomic mass is 10.1. The van der Waals surface area contributed by atoms with Gasteiger partial charge in [-0.3, -0.25) is 14.9 Å². The fourth-order valence-corrected chi connectivity index (χ4v) is 3.79. The maximum absolute atomic E-state index is 12.5. The minimum absolute atomic E-state index is 0.0174. The quantitative estimate of drug-likeness (QED) is 0.365. The Kier molecular flexibility index (Phi) is 10.4. The van der Waals surface area contributed by atoms with E-state index in [9.17, 15) is 14.4 Å². The predicted octanol–water partition coefficient (Wildman–Crippen LogP) is 3.53. The molecule has 0 spiro atoms. The predicted molar refractivity (Wildman–Crippen MR) is 145 cm³/mol. The fraction of sp³-hybridized carbons (Fsp3) is 0.357. The van der Waals surface area contributed by atoms with Gasteiger partial charge in [-0.15, -0.1) is 0 Å². The number of aromatic nitrogens is 2. The Balaban J connectivity index is 1.66. The van der Waals surface area contributed by atoms with Crippen molar-refractivity contribution in [2.24, 2.45) is 0 Å². The molecular formula is C28H35N5O4. The first kappa shape index (κ1) is 27.6. The fourth-order valence-electron chi connectivity index (χ4n) is 3.79. The summed E-state index contributed by atoms with van der Waals surface area (Å²) in [5, 5.41) is 10.2. The molecule has 37 heavy (non-hydrogen) atoms. The lowest BCUT2D eigenvalue weighted by Crippen LogP contribution is -2.26. The van der Waals surface area contributed by atoms with Gasteiger partial charge in [0.2, 0.25) is 5.91 Å². The van der Waals surface area contributed by atoms with Crippen LogP contribution in [-0.4, -0.2) is 60.5 Å². The van der Waals surface area contributed by atoms with E-state index < -0.39 is 6.09 Å². The van der Waals surface area contributed by atoms with Crippen molar-refractivity contribution in [3.05, 3.63) is 82.1 Å². The maximum atomic E-state index is 12.5. The first-order chi connectivity index (χ1) is 17.8. The molecule has 0 atom stereocenters. The molecule has 1 aromatic heterocycles. The first-order valence-electron chi connectivity index (χ1n) is 12.5. The Morgan fingerprint density at radius 2 is 1.78 bits per heavy atom. The van der Waals surface area contributed by atoms with E-state index in [0.29, 0.717) is 17.9 Å². The molecule has 0 unspecified atom stereocenters. The van der Waals surface area contributed by atoms with Gasteiger partial charge in [0.1, 0.15) is 0 Å². The minimum Gasteiger partial charge on any atom is -0.450 e. The highest BCUT2D eigenvalue weighted by Gasteiger charge is 2.09. The number of benzene rings is 2. The van der Waals surface area contributed by atoms with Crippen molar-refractivity contribution in [1.29, 1.82) is 0 Å². The summed E-state index contributed by atoms with van der Waals surface area (Å²) in [6.07, 6.45) is 1.73. The number of hydrogen-bond donors (Lipinski definition) is 2. The van der Waals surface area contributed by atoms with E-state index in [0.717, 1.165) is 36.1 Å². The molecule has 0 saturated heterocycles. The zero-order chi connectivity index (χ0) is 26.6. The standard InChI is InChI=1S/C28H35N5O4/c1-4-37-28(36)30-24-12-8-10-22(18-24)20-33-27(35)14-13-25(31-33)23-11-7-9-21(17-23)19-26(34)29-15-5-6-16-32(2)3/h7-14,17-18H,4-6,15-16,19-20H2,1-3H3,(H,29,34)(H,30,36). The van der Waals surface area contributed by atoms with Gasteiger partial charge in [0.25, 0.3) is 5.56 Å². The van der Waals surface area contributed by atoms with Crippen LogP contribution in [0.1, 0.15) is 30.9 Å². The molecule has 2 amide bonds. The normalized spacial score (nSPS) is 10.8. The van der Waals surface area contributed by atoms with Crippen LogP contribution in [0.15, 0.2) is 65.5 Å². The van der Waals surface area contributed by atoms with Crippen molar-refractivity contribution in [3.8, 4) is 11.3 Å². The zero-order valence-electron chi connectivity index (χ0n) is 21.7. The van der Waals surface area contributed by atoms with Crippen LogP contribution >= 0.6 is 0 Å². The van der Waals surface area contributed by atoms with Crippen molar-refractivity contribution in [2.75, 3.05) is 39.1 Å². The zero-order valence-corrected chi connectivity index (χ0v) is 21.7. The molecule has 0 aliphatic heterocycles. The SMILES string of the molecule is CCOC(=O)Nc1cccc(Cn2nc(-c3cccc(CC(=O)NCCCCN(C)C)c3)ccc2=O)c1. The summed E-state index contributed by atoms with van der Waals surface area (Å²) in [5.41, 5.74) is 3.47. The molecule has 0 aliphatic carbocycles. The molecule has 2 aromatic carbocycles.